The molecule has 174 valence electrons. The number of nitrogens with one attached hydrogen (secondary N) is 1. The molecule has 35 heavy (non-hydrogen) atoms. The predicted molar refractivity (Wildman–Crippen MR) is 132 cm³/mol. The quantitative estimate of drug-likeness (QED) is 0.349. The Morgan fingerprint density at radius 3 is 2.37 bits per heavy atom. The van der Waals surface area contributed by atoms with Gasteiger partial charge in [-0.2, -0.15) is 0 Å². The minimum atomic E-state index is -1.21. The van der Waals surface area contributed by atoms with Crippen LogP contribution < -0.4 is 21.5 Å². The number of ether oxygens (including phenoxy) is 1. The minimum Gasteiger partial charge on any atom is -0.465 e. The molecule has 0 aliphatic rings. The normalized spacial score (nSPS) is 10.9. The van der Waals surface area contributed by atoms with E-state index in [2.05, 4.69) is 15.3 Å². The molecule has 2 aromatic heterocycles. The molecule has 10 heteroatoms. The van der Waals surface area contributed by atoms with E-state index < -0.39 is 11.8 Å². The molecule has 3 aromatic carbocycles. The molecule has 0 aliphatic carbocycles. The number of benzene rings is 3. The lowest BCUT2D eigenvalue weighted by molar-refractivity contribution is 0.210. The highest BCUT2D eigenvalue weighted by Crippen LogP contribution is 2.27. The van der Waals surface area contributed by atoms with Crippen LogP contribution in [0.25, 0.3) is 22.5 Å². The number of imidazole rings is 1. The van der Waals surface area contributed by atoms with E-state index in [-0.39, 0.29) is 5.82 Å². The summed E-state index contributed by atoms with van der Waals surface area (Å²) in [5, 5.41) is 11.4. The van der Waals surface area contributed by atoms with Crippen LogP contribution in [0, 0.1) is 6.92 Å². The maximum atomic E-state index is 13.7. The highest BCUT2D eigenvalue weighted by atomic mass is 16.5. The van der Waals surface area contributed by atoms with Gasteiger partial charge in [-0.25, -0.2) is 24.1 Å². The van der Waals surface area contributed by atoms with Crippen molar-refractivity contribution < 1.29 is 14.6 Å². The summed E-state index contributed by atoms with van der Waals surface area (Å²) < 4.78 is 8.64. The standard InChI is InChI=1S/C25H20N6O4/c1-15-11-16(29-24(32)33)13-18(12-15)31-23-21(22(26)27-14-28-23)30(25(31)34)17-7-9-20(10-8-17)35-19-5-3-2-4-6-19/h2-14,29H,1H3,(H,32,33)(H2,26,27,28). The van der Waals surface area contributed by atoms with Crippen molar-refractivity contribution >= 4 is 28.8 Å². The van der Waals surface area contributed by atoms with Gasteiger partial charge in [0.25, 0.3) is 0 Å². The van der Waals surface area contributed by atoms with Gasteiger partial charge in [0.05, 0.1) is 11.4 Å². The average Bonchev–Trinajstić information content (AvgIpc) is 3.12. The molecule has 0 spiro atoms. The van der Waals surface area contributed by atoms with Crippen LogP contribution in [0.3, 0.4) is 0 Å². The lowest BCUT2D eigenvalue weighted by atomic mass is 10.2. The summed E-state index contributed by atoms with van der Waals surface area (Å²) >= 11 is 0. The molecular formula is C25H20N6O4. The van der Waals surface area contributed by atoms with Crippen molar-refractivity contribution in [1.29, 1.82) is 0 Å². The summed E-state index contributed by atoms with van der Waals surface area (Å²) in [6.07, 6.45) is 0.0710. The van der Waals surface area contributed by atoms with Crippen molar-refractivity contribution in [3.05, 3.63) is 95.2 Å². The zero-order valence-electron chi connectivity index (χ0n) is 18.5. The summed E-state index contributed by atoms with van der Waals surface area (Å²) in [6, 6.07) is 21.3. The van der Waals surface area contributed by atoms with Gasteiger partial charge in [0, 0.05) is 5.69 Å². The first-order valence-corrected chi connectivity index (χ1v) is 10.6. The Bertz CT molecular complexity index is 1610. The van der Waals surface area contributed by atoms with Gasteiger partial charge in [0.15, 0.2) is 11.5 Å². The molecule has 0 unspecified atom stereocenters. The Morgan fingerprint density at radius 2 is 1.66 bits per heavy atom. The van der Waals surface area contributed by atoms with Crippen LogP contribution in [0.5, 0.6) is 11.5 Å². The SMILES string of the molecule is Cc1cc(NC(=O)O)cc(-n2c(=O)n(-c3ccc(Oc4ccccc4)cc3)c3c(N)ncnc32)c1. The minimum absolute atomic E-state index is 0.131. The van der Waals surface area contributed by atoms with Crippen LogP contribution in [0.4, 0.5) is 16.3 Å². The molecule has 0 atom stereocenters. The van der Waals surface area contributed by atoms with Crippen LogP contribution in [0.1, 0.15) is 5.56 Å². The summed E-state index contributed by atoms with van der Waals surface area (Å²) in [4.78, 5) is 33.2. The fraction of sp³-hybridized carbons (Fsp3) is 0.0400. The highest BCUT2D eigenvalue weighted by Gasteiger charge is 2.20. The van der Waals surface area contributed by atoms with E-state index in [9.17, 15) is 9.59 Å². The van der Waals surface area contributed by atoms with E-state index in [0.29, 0.717) is 39.7 Å². The molecule has 0 saturated heterocycles. The number of rotatable bonds is 5. The molecular weight excluding hydrogens is 448 g/mol. The lowest BCUT2D eigenvalue weighted by Gasteiger charge is -2.08. The molecule has 1 amide bonds. The van der Waals surface area contributed by atoms with E-state index in [1.54, 1.807) is 49.4 Å². The van der Waals surface area contributed by atoms with Gasteiger partial charge in [0.2, 0.25) is 0 Å². The predicted octanol–water partition coefficient (Wildman–Crippen LogP) is 4.34. The van der Waals surface area contributed by atoms with Crippen molar-refractivity contribution in [2.24, 2.45) is 0 Å². The molecule has 4 N–H and O–H groups in total. The van der Waals surface area contributed by atoms with E-state index in [1.807, 2.05) is 30.3 Å². The fourth-order valence-corrected chi connectivity index (χ4v) is 3.89. The number of carboxylic acid groups (broad SMARTS) is 1. The highest BCUT2D eigenvalue weighted by molar-refractivity contribution is 5.86. The van der Waals surface area contributed by atoms with E-state index in [1.165, 1.54) is 15.5 Å². The van der Waals surface area contributed by atoms with Gasteiger partial charge in [0.1, 0.15) is 23.3 Å². The molecule has 5 aromatic rings. The second-order valence-electron chi connectivity index (χ2n) is 7.78. The second-order valence-corrected chi connectivity index (χ2v) is 7.78. The molecule has 0 aliphatic heterocycles. The van der Waals surface area contributed by atoms with Crippen LogP contribution in [0.15, 0.2) is 83.9 Å². The summed E-state index contributed by atoms with van der Waals surface area (Å²) in [6.45, 7) is 1.80. The maximum absolute atomic E-state index is 13.7. The maximum Gasteiger partial charge on any atom is 0.409 e. The van der Waals surface area contributed by atoms with Gasteiger partial charge in [-0.3, -0.25) is 9.88 Å². The zero-order chi connectivity index (χ0) is 24.5. The molecule has 0 fully saturated rings. The summed E-state index contributed by atoms with van der Waals surface area (Å²) in [5.41, 5.74) is 8.42. The number of fused-ring (bicyclic) bond motifs is 1. The van der Waals surface area contributed by atoms with Gasteiger partial charge >= 0.3 is 11.8 Å². The number of amides is 1. The first-order chi connectivity index (χ1) is 16.9. The third-order valence-electron chi connectivity index (χ3n) is 5.29. The number of aromatic nitrogens is 4. The van der Waals surface area contributed by atoms with E-state index in [0.717, 1.165) is 5.56 Å². The number of aryl methyl sites for hydroxylation is 1. The number of para-hydroxylation sites is 1. The molecule has 0 saturated carbocycles. The molecule has 10 nitrogen and oxygen atoms in total. The van der Waals surface area contributed by atoms with Crippen molar-refractivity contribution in [3.63, 3.8) is 0 Å². The number of nitrogens with zero attached hydrogens (tertiary/aromatic N) is 4. The Morgan fingerprint density at radius 1 is 0.943 bits per heavy atom. The van der Waals surface area contributed by atoms with Crippen molar-refractivity contribution in [3.8, 4) is 22.9 Å². The third kappa shape index (κ3) is 4.15. The largest absolute Gasteiger partial charge is 0.465 e. The Balaban J connectivity index is 1.65. The molecule has 0 bridgehead atoms. The smallest absolute Gasteiger partial charge is 0.409 e. The van der Waals surface area contributed by atoms with Gasteiger partial charge in [-0.05, 0) is 67.1 Å². The first kappa shape index (κ1) is 21.7. The molecule has 2 heterocycles. The van der Waals surface area contributed by atoms with Crippen LogP contribution >= 0.6 is 0 Å². The number of hydrogen-bond donors (Lipinski definition) is 3. The Labute approximate surface area is 198 Å². The van der Waals surface area contributed by atoms with E-state index in [4.69, 9.17) is 15.6 Å². The van der Waals surface area contributed by atoms with Crippen LogP contribution in [-0.4, -0.2) is 30.3 Å². The number of hydrogen-bond acceptors (Lipinski definition) is 6. The number of nitrogen functional groups attached to an aromatic ring is 1. The van der Waals surface area contributed by atoms with Crippen molar-refractivity contribution in [1.82, 2.24) is 19.1 Å². The molecule has 5 rings (SSSR count). The van der Waals surface area contributed by atoms with Crippen LogP contribution in [0.2, 0.25) is 0 Å². The van der Waals surface area contributed by atoms with Gasteiger partial charge in [-0.1, -0.05) is 18.2 Å². The van der Waals surface area contributed by atoms with E-state index >= 15 is 0 Å². The topological polar surface area (TPSA) is 137 Å². The summed E-state index contributed by atoms with van der Waals surface area (Å²) in [5.74, 6) is 1.42. The monoisotopic (exact) mass is 468 g/mol. The number of nitrogens with two attached hydrogens (primary N) is 1. The second kappa shape index (κ2) is 8.67. The zero-order valence-corrected chi connectivity index (χ0v) is 18.5. The number of carbonyl (C=O) groups is 1. The lowest BCUT2D eigenvalue weighted by Crippen LogP contribution is -2.22. The fourth-order valence-electron chi connectivity index (χ4n) is 3.89. The van der Waals surface area contributed by atoms with Crippen LogP contribution in [-0.2, 0) is 0 Å². The number of anilines is 2. The van der Waals surface area contributed by atoms with Gasteiger partial charge < -0.3 is 15.6 Å². The Kier molecular flexibility index (Phi) is 5.38. The molecule has 0 radical (unpaired) electrons. The average molecular weight is 468 g/mol. The third-order valence-corrected chi connectivity index (χ3v) is 5.29. The first-order valence-electron chi connectivity index (χ1n) is 10.6. The van der Waals surface area contributed by atoms with Gasteiger partial charge in [-0.15, -0.1) is 0 Å². The van der Waals surface area contributed by atoms with Crippen molar-refractivity contribution in [2.75, 3.05) is 11.1 Å². The van der Waals surface area contributed by atoms with Crippen molar-refractivity contribution in [2.45, 2.75) is 6.92 Å². The summed E-state index contributed by atoms with van der Waals surface area (Å²) in [7, 11) is 0. The Hall–Kier alpha value is -5.12.